The zero-order valence-corrected chi connectivity index (χ0v) is 12.6. The standard InChI is InChI=1S/C16H26N2O/c1-12-9-13(2)15(14(17)10-12)18-7-5-16(3,6-8-18)11-19-4/h9-10H,5-8,11,17H2,1-4H3. The largest absolute Gasteiger partial charge is 0.397 e. The van der Waals surface area contributed by atoms with E-state index < -0.39 is 0 Å². The van der Waals surface area contributed by atoms with Crippen LogP contribution in [0.25, 0.3) is 0 Å². The fourth-order valence-electron chi connectivity index (χ4n) is 3.19. The molecule has 0 atom stereocenters. The van der Waals surface area contributed by atoms with Gasteiger partial charge in [-0.1, -0.05) is 13.0 Å². The smallest absolute Gasteiger partial charge is 0.0629 e. The molecule has 2 N–H and O–H groups in total. The van der Waals surface area contributed by atoms with Crippen LogP contribution in [0, 0.1) is 19.3 Å². The number of rotatable bonds is 3. The van der Waals surface area contributed by atoms with Crippen molar-refractivity contribution in [1.82, 2.24) is 0 Å². The molecule has 3 heteroatoms. The normalized spacial score (nSPS) is 18.6. The quantitative estimate of drug-likeness (QED) is 0.851. The first kappa shape index (κ1) is 14.2. The van der Waals surface area contributed by atoms with Gasteiger partial charge in [0.2, 0.25) is 0 Å². The molecule has 0 bridgehead atoms. The van der Waals surface area contributed by atoms with E-state index in [0.717, 1.165) is 38.2 Å². The van der Waals surface area contributed by atoms with Crippen molar-refractivity contribution in [3.05, 3.63) is 23.3 Å². The summed E-state index contributed by atoms with van der Waals surface area (Å²) in [5.74, 6) is 0. The lowest BCUT2D eigenvalue weighted by atomic mass is 9.81. The first-order valence-corrected chi connectivity index (χ1v) is 7.06. The number of anilines is 2. The summed E-state index contributed by atoms with van der Waals surface area (Å²) in [5, 5.41) is 0. The summed E-state index contributed by atoms with van der Waals surface area (Å²) in [5.41, 5.74) is 11.2. The van der Waals surface area contributed by atoms with Gasteiger partial charge in [-0.05, 0) is 49.3 Å². The first-order chi connectivity index (χ1) is 8.95. The van der Waals surface area contributed by atoms with Crippen LogP contribution in [-0.4, -0.2) is 26.8 Å². The summed E-state index contributed by atoms with van der Waals surface area (Å²) in [4.78, 5) is 2.43. The average molecular weight is 262 g/mol. The molecule has 1 aliphatic rings. The molecule has 1 fully saturated rings. The molecule has 0 saturated carbocycles. The van der Waals surface area contributed by atoms with Crippen LogP contribution in [0.4, 0.5) is 11.4 Å². The fraction of sp³-hybridized carbons (Fsp3) is 0.625. The minimum absolute atomic E-state index is 0.318. The molecular weight excluding hydrogens is 236 g/mol. The number of methoxy groups -OCH3 is 1. The van der Waals surface area contributed by atoms with Crippen LogP contribution in [0.1, 0.15) is 30.9 Å². The monoisotopic (exact) mass is 262 g/mol. The lowest BCUT2D eigenvalue weighted by Crippen LogP contribution is -2.41. The topological polar surface area (TPSA) is 38.5 Å². The van der Waals surface area contributed by atoms with Gasteiger partial charge < -0.3 is 15.4 Å². The van der Waals surface area contributed by atoms with Gasteiger partial charge in [0, 0.05) is 20.2 Å². The van der Waals surface area contributed by atoms with E-state index in [4.69, 9.17) is 10.5 Å². The van der Waals surface area contributed by atoms with Gasteiger partial charge >= 0.3 is 0 Å². The van der Waals surface area contributed by atoms with Gasteiger partial charge in [0.1, 0.15) is 0 Å². The van der Waals surface area contributed by atoms with Crippen LogP contribution in [0.15, 0.2) is 12.1 Å². The van der Waals surface area contributed by atoms with E-state index in [1.54, 1.807) is 7.11 Å². The molecule has 1 aromatic rings. The van der Waals surface area contributed by atoms with Crippen molar-refractivity contribution in [3.63, 3.8) is 0 Å². The number of ether oxygens (including phenoxy) is 1. The molecule has 19 heavy (non-hydrogen) atoms. The third kappa shape index (κ3) is 3.03. The van der Waals surface area contributed by atoms with Gasteiger partial charge in [-0.25, -0.2) is 0 Å². The maximum Gasteiger partial charge on any atom is 0.0629 e. The van der Waals surface area contributed by atoms with Crippen molar-refractivity contribution in [2.24, 2.45) is 5.41 Å². The number of piperidine rings is 1. The van der Waals surface area contributed by atoms with Crippen molar-refractivity contribution < 1.29 is 4.74 Å². The number of hydrogen-bond acceptors (Lipinski definition) is 3. The first-order valence-electron chi connectivity index (χ1n) is 7.06. The summed E-state index contributed by atoms with van der Waals surface area (Å²) >= 11 is 0. The number of nitrogen functional groups attached to an aromatic ring is 1. The van der Waals surface area contributed by atoms with Crippen LogP contribution in [-0.2, 0) is 4.74 Å². The highest BCUT2D eigenvalue weighted by atomic mass is 16.5. The van der Waals surface area contributed by atoms with Crippen LogP contribution < -0.4 is 10.6 Å². The van der Waals surface area contributed by atoms with Gasteiger partial charge in [0.05, 0.1) is 18.0 Å². The Bertz CT molecular complexity index is 425. The molecule has 106 valence electrons. The Balaban J connectivity index is 2.14. The summed E-state index contributed by atoms with van der Waals surface area (Å²) in [6.07, 6.45) is 2.32. The minimum atomic E-state index is 0.318. The van der Waals surface area contributed by atoms with Crippen molar-refractivity contribution in [2.45, 2.75) is 33.6 Å². The second-order valence-electron chi connectivity index (χ2n) is 6.25. The highest BCUT2D eigenvalue weighted by molar-refractivity contribution is 5.72. The highest BCUT2D eigenvalue weighted by Gasteiger charge is 2.31. The SMILES string of the molecule is COCC1(C)CCN(c2c(C)cc(C)cc2N)CC1. The minimum Gasteiger partial charge on any atom is -0.397 e. The lowest BCUT2D eigenvalue weighted by molar-refractivity contribution is 0.0731. The molecule has 0 aliphatic carbocycles. The maximum atomic E-state index is 6.21. The number of benzene rings is 1. The molecule has 0 spiro atoms. The zero-order valence-electron chi connectivity index (χ0n) is 12.6. The summed E-state index contributed by atoms with van der Waals surface area (Å²) in [6, 6.07) is 4.29. The van der Waals surface area contributed by atoms with Crippen molar-refractivity contribution >= 4 is 11.4 Å². The Kier molecular flexibility index (Phi) is 4.04. The highest BCUT2D eigenvalue weighted by Crippen LogP contribution is 2.36. The van der Waals surface area contributed by atoms with Crippen LogP contribution in [0.5, 0.6) is 0 Å². The van der Waals surface area contributed by atoms with Crippen molar-refractivity contribution in [1.29, 1.82) is 0 Å². The van der Waals surface area contributed by atoms with Gasteiger partial charge in [-0.3, -0.25) is 0 Å². The Labute approximate surface area is 116 Å². The molecular formula is C16H26N2O. The van der Waals surface area contributed by atoms with Crippen molar-refractivity contribution in [2.75, 3.05) is 37.4 Å². The van der Waals surface area contributed by atoms with E-state index in [1.165, 1.54) is 16.8 Å². The van der Waals surface area contributed by atoms with Crippen LogP contribution in [0.2, 0.25) is 0 Å². The molecule has 1 aliphatic heterocycles. The Hall–Kier alpha value is -1.22. The van der Waals surface area contributed by atoms with Gasteiger partial charge in [-0.15, -0.1) is 0 Å². The van der Waals surface area contributed by atoms with Gasteiger partial charge in [-0.2, -0.15) is 0 Å². The van der Waals surface area contributed by atoms with Crippen LogP contribution >= 0.6 is 0 Å². The maximum absolute atomic E-state index is 6.21. The molecule has 1 aromatic carbocycles. The molecule has 2 rings (SSSR count). The second kappa shape index (κ2) is 5.41. The van der Waals surface area contributed by atoms with Gasteiger partial charge in [0.25, 0.3) is 0 Å². The number of aryl methyl sites for hydroxylation is 2. The van der Waals surface area contributed by atoms with Crippen LogP contribution in [0.3, 0.4) is 0 Å². The summed E-state index contributed by atoms with van der Waals surface area (Å²) in [7, 11) is 1.79. The molecule has 1 heterocycles. The molecule has 0 radical (unpaired) electrons. The second-order valence-corrected chi connectivity index (χ2v) is 6.25. The third-order valence-electron chi connectivity index (χ3n) is 4.25. The molecule has 3 nitrogen and oxygen atoms in total. The van der Waals surface area contributed by atoms with Gasteiger partial charge in [0.15, 0.2) is 0 Å². The van der Waals surface area contributed by atoms with E-state index in [9.17, 15) is 0 Å². The zero-order chi connectivity index (χ0) is 14.0. The Morgan fingerprint density at radius 2 is 1.89 bits per heavy atom. The van der Waals surface area contributed by atoms with E-state index in [-0.39, 0.29) is 0 Å². The average Bonchev–Trinajstić information content (AvgIpc) is 2.31. The van der Waals surface area contributed by atoms with E-state index in [0.29, 0.717) is 5.41 Å². The van der Waals surface area contributed by atoms with Crippen molar-refractivity contribution in [3.8, 4) is 0 Å². The predicted octanol–water partition coefficient (Wildman–Crippen LogP) is 3.14. The number of hydrogen-bond donors (Lipinski definition) is 1. The Morgan fingerprint density at radius 1 is 1.26 bits per heavy atom. The number of nitrogens with zero attached hydrogens (tertiary/aromatic N) is 1. The third-order valence-corrected chi connectivity index (χ3v) is 4.25. The Morgan fingerprint density at radius 3 is 2.42 bits per heavy atom. The van der Waals surface area contributed by atoms with E-state index in [1.807, 2.05) is 0 Å². The summed E-state index contributed by atoms with van der Waals surface area (Å²) in [6.45, 7) is 9.55. The van der Waals surface area contributed by atoms with E-state index in [2.05, 4.69) is 37.8 Å². The lowest BCUT2D eigenvalue weighted by Gasteiger charge is -2.41. The molecule has 0 aromatic heterocycles. The molecule has 0 unspecified atom stereocenters. The number of nitrogens with two attached hydrogens (primary N) is 1. The predicted molar refractivity (Wildman–Crippen MR) is 81.8 cm³/mol. The summed E-state index contributed by atoms with van der Waals surface area (Å²) < 4.78 is 5.35. The molecule has 0 amide bonds. The van der Waals surface area contributed by atoms with E-state index >= 15 is 0 Å². The fourth-order valence-corrected chi connectivity index (χ4v) is 3.19. The molecule has 1 saturated heterocycles.